The third-order valence-corrected chi connectivity index (χ3v) is 5.80. The van der Waals surface area contributed by atoms with Gasteiger partial charge in [0.1, 0.15) is 11.6 Å². The van der Waals surface area contributed by atoms with Crippen LogP contribution in [-0.2, 0) is 9.53 Å². The van der Waals surface area contributed by atoms with E-state index in [0.717, 1.165) is 31.3 Å². The molecule has 3 fully saturated rings. The summed E-state index contributed by atoms with van der Waals surface area (Å²) in [6.07, 6.45) is 9.11. The summed E-state index contributed by atoms with van der Waals surface area (Å²) in [5.41, 5.74) is 0.151. The lowest BCUT2D eigenvalue weighted by atomic mass is 9.84. The van der Waals surface area contributed by atoms with E-state index in [-0.39, 0.29) is 17.6 Å². The van der Waals surface area contributed by atoms with Gasteiger partial charge in [0.15, 0.2) is 0 Å². The predicted molar refractivity (Wildman–Crippen MR) is 87.2 cm³/mol. The Kier molecular flexibility index (Phi) is 5.22. The van der Waals surface area contributed by atoms with Crippen LogP contribution in [0.15, 0.2) is 11.8 Å². The van der Waals surface area contributed by atoms with E-state index in [1.807, 2.05) is 6.07 Å². The molecule has 5 unspecified atom stereocenters. The van der Waals surface area contributed by atoms with Gasteiger partial charge in [0.05, 0.1) is 6.10 Å². The number of fused-ring (bicyclic) bond motifs is 2. The van der Waals surface area contributed by atoms with Crippen LogP contribution in [0.1, 0.15) is 45.4 Å². The smallest absolute Gasteiger partial charge is 0.263 e. The van der Waals surface area contributed by atoms with Crippen molar-refractivity contribution in [2.24, 2.45) is 17.8 Å². The molecule has 23 heavy (non-hydrogen) atoms. The summed E-state index contributed by atoms with van der Waals surface area (Å²) in [4.78, 5) is 12.1. The van der Waals surface area contributed by atoms with Gasteiger partial charge in [-0.05, 0) is 56.8 Å². The zero-order valence-electron chi connectivity index (χ0n) is 13.9. The van der Waals surface area contributed by atoms with Gasteiger partial charge in [0.25, 0.3) is 5.91 Å². The molecule has 3 rings (SSSR count). The van der Waals surface area contributed by atoms with Crippen molar-refractivity contribution in [3.63, 3.8) is 0 Å². The molecule has 3 aliphatic rings. The van der Waals surface area contributed by atoms with Crippen LogP contribution in [-0.4, -0.2) is 31.2 Å². The van der Waals surface area contributed by atoms with Crippen LogP contribution in [0.3, 0.4) is 0 Å². The number of nitrogens with one attached hydrogen (secondary N) is 2. The molecular formula is C18H27N3O2. The Bertz CT molecular complexity index is 505. The number of amides is 1. The van der Waals surface area contributed by atoms with Crippen LogP contribution in [0.2, 0.25) is 0 Å². The highest BCUT2D eigenvalue weighted by Crippen LogP contribution is 2.49. The van der Waals surface area contributed by atoms with Gasteiger partial charge in [-0.3, -0.25) is 4.79 Å². The molecule has 1 saturated heterocycles. The molecule has 1 aliphatic heterocycles. The molecule has 0 radical (unpaired) electrons. The van der Waals surface area contributed by atoms with Gasteiger partial charge in [-0.2, -0.15) is 5.26 Å². The summed E-state index contributed by atoms with van der Waals surface area (Å²) in [6, 6.07) is 2.32. The van der Waals surface area contributed by atoms with Crippen LogP contribution >= 0.6 is 0 Å². The summed E-state index contributed by atoms with van der Waals surface area (Å²) < 4.78 is 5.48. The number of hydrogen-bond donors (Lipinski definition) is 2. The number of carbonyl (C=O) groups excluding carboxylic acids is 1. The van der Waals surface area contributed by atoms with Crippen molar-refractivity contribution in [3.05, 3.63) is 11.8 Å². The van der Waals surface area contributed by atoms with Crippen molar-refractivity contribution in [3.8, 4) is 6.07 Å². The standard InChI is InChI=1S/C18H27N3O2/c1-12(17-8-13-4-5-14(17)7-13)20-10-15(9-19)18(22)21-11-16-3-2-6-23-16/h10,12-14,16-17,20H,2-8,11H2,1H3,(H,21,22)/b15-10-. The van der Waals surface area contributed by atoms with E-state index in [0.29, 0.717) is 18.5 Å². The van der Waals surface area contributed by atoms with E-state index in [9.17, 15) is 10.1 Å². The Balaban J connectivity index is 1.47. The van der Waals surface area contributed by atoms with E-state index in [2.05, 4.69) is 17.6 Å². The average molecular weight is 317 g/mol. The molecule has 2 saturated carbocycles. The normalized spacial score (nSPS) is 34.2. The maximum atomic E-state index is 12.1. The van der Waals surface area contributed by atoms with Crippen molar-refractivity contribution in [1.29, 1.82) is 5.26 Å². The van der Waals surface area contributed by atoms with Gasteiger partial charge in [-0.1, -0.05) is 6.42 Å². The van der Waals surface area contributed by atoms with Crippen LogP contribution in [0, 0.1) is 29.1 Å². The van der Waals surface area contributed by atoms with Crippen molar-refractivity contribution in [1.82, 2.24) is 10.6 Å². The van der Waals surface area contributed by atoms with Crippen molar-refractivity contribution in [2.75, 3.05) is 13.2 Å². The summed E-state index contributed by atoms with van der Waals surface area (Å²) >= 11 is 0. The minimum absolute atomic E-state index is 0.0971. The molecule has 5 heteroatoms. The second-order valence-electron chi connectivity index (χ2n) is 7.31. The molecule has 2 aliphatic carbocycles. The SMILES string of the molecule is CC(N/C=C(/C#N)C(=O)NCC1CCCO1)C1CC2CCC1C2. The van der Waals surface area contributed by atoms with Gasteiger partial charge in [0, 0.05) is 25.4 Å². The summed E-state index contributed by atoms with van der Waals surface area (Å²) in [5.74, 6) is 2.11. The Morgan fingerprint density at radius 3 is 2.87 bits per heavy atom. The second kappa shape index (κ2) is 7.35. The predicted octanol–water partition coefficient (Wildman–Crippen LogP) is 2.10. The molecule has 1 amide bonds. The molecular weight excluding hydrogens is 290 g/mol. The number of rotatable bonds is 6. The van der Waals surface area contributed by atoms with Crippen LogP contribution in [0.4, 0.5) is 0 Å². The third kappa shape index (κ3) is 3.87. The minimum Gasteiger partial charge on any atom is -0.387 e. The molecule has 0 aromatic heterocycles. The monoisotopic (exact) mass is 317 g/mol. The lowest BCUT2D eigenvalue weighted by Gasteiger charge is -2.28. The molecule has 2 bridgehead atoms. The second-order valence-corrected chi connectivity index (χ2v) is 7.31. The average Bonchev–Trinajstić information content (AvgIpc) is 3.30. The van der Waals surface area contributed by atoms with Gasteiger partial charge in [-0.15, -0.1) is 0 Å². The largest absolute Gasteiger partial charge is 0.387 e. The molecule has 0 aromatic rings. The zero-order valence-corrected chi connectivity index (χ0v) is 13.9. The van der Waals surface area contributed by atoms with Gasteiger partial charge in [-0.25, -0.2) is 0 Å². The van der Waals surface area contributed by atoms with Gasteiger partial charge >= 0.3 is 0 Å². The van der Waals surface area contributed by atoms with E-state index in [1.165, 1.54) is 25.7 Å². The van der Waals surface area contributed by atoms with E-state index >= 15 is 0 Å². The van der Waals surface area contributed by atoms with E-state index in [4.69, 9.17) is 4.74 Å². The van der Waals surface area contributed by atoms with Crippen LogP contribution in [0.5, 0.6) is 0 Å². The van der Waals surface area contributed by atoms with Crippen molar-refractivity contribution < 1.29 is 9.53 Å². The van der Waals surface area contributed by atoms with Crippen molar-refractivity contribution >= 4 is 5.91 Å². The number of hydrogen-bond acceptors (Lipinski definition) is 4. The van der Waals surface area contributed by atoms with E-state index in [1.54, 1.807) is 6.20 Å². The first kappa shape index (κ1) is 16.3. The molecule has 126 valence electrons. The zero-order chi connectivity index (χ0) is 16.2. The van der Waals surface area contributed by atoms with Gasteiger partial charge in [0.2, 0.25) is 0 Å². The first-order chi connectivity index (χ1) is 11.2. The highest BCUT2D eigenvalue weighted by molar-refractivity contribution is 5.97. The minimum atomic E-state index is -0.310. The lowest BCUT2D eigenvalue weighted by molar-refractivity contribution is -0.117. The molecule has 1 heterocycles. The highest BCUT2D eigenvalue weighted by Gasteiger charge is 2.41. The summed E-state index contributed by atoms with van der Waals surface area (Å²) in [6.45, 7) is 3.42. The first-order valence-corrected chi connectivity index (χ1v) is 8.93. The first-order valence-electron chi connectivity index (χ1n) is 8.93. The lowest BCUT2D eigenvalue weighted by Crippen LogP contribution is -2.35. The fourth-order valence-corrected chi connectivity index (χ4v) is 4.50. The fourth-order valence-electron chi connectivity index (χ4n) is 4.50. The number of carbonyl (C=O) groups is 1. The third-order valence-electron chi connectivity index (χ3n) is 5.80. The Morgan fingerprint density at radius 1 is 1.39 bits per heavy atom. The molecule has 5 nitrogen and oxygen atoms in total. The Labute approximate surface area is 138 Å². The number of nitriles is 1. The van der Waals surface area contributed by atoms with Crippen molar-refractivity contribution in [2.45, 2.75) is 57.6 Å². The maximum Gasteiger partial charge on any atom is 0.263 e. The number of ether oxygens (including phenoxy) is 1. The van der Waals surface area contributed by atoms with Crippen LogP contribution < -0.4 is 10.6 Å². The maximum absolute atomic E-state index is 12.1. The number of nitrogens with zero attached hydrogens (tertiary/aromatic N) is 1. The van der Waals surface area contributed by atoms with Crippen LogP contribution in [0.25, 0.3) is 0 Å². The topological polar surface area (TPSA) is 74.2 Å². The summed E-state index contributed by atoms with van der Waals surface area (Å²) in [7, 11) is 0. The Hall–Kier alpha value is -1.54. The molecule has 0 spiro atoms. The summed E-state index contributed by atoms with van der Waals surface area (Å²) in [5, 5.41) is 15.3. The quantitative estimate of drug-likeness (QED) is 0.581. The van der Waals surface area contributed by atoms with Gasteiger partial charge < -0.3 is 15.4 Å². The molecule has 2 N–H and O–H groups in total. The van der Waals surface area contributed by atoms with E-state index < -0.39 is 0 Å². The molecule has 5 atom stereocenters. The fraction of sp³-hybridized carbons (Fsp3) is 0.778. The Morgan fingerprint density at radius 2 is 2.26 bits per heavy atom. The molecule has 0 aromatic carbocycles. The highest BCUT2D eigenvalue weighted by atomic mass is 16.5.